The molecule has 0 aliphatic heterocycles. The van der Waals surface area contributed by atoms with Gasteiger partial charge in [0, 0.05) is 66.0 Å². The molecule has 0 bridgehead atoms. The van der Waals surface area contributed by atoms with Crippen LogP contribution < -0.4 is 0 Å². The second kappa shape index (κ2) is 16.4. The zero-order chi connectivity index (χ0) is 33.2. The lowest BCUT2D eigenvalue weighted by atomic mass is 10.1. The molecule has 244 valence electrons. The molecule has 0 spiro atoms. The molecule has 0 amide bonds. The van der Waals surface area contributed by atoms with Crippen LogP contribution in [0, 0.1) is 0 Å². The number of rotatable bonds is 15. The van der Waals surface area contributed by atoms with Crippen LogP contribution in [0.3, 0.4) is 0 Å². The van der Waals surface area contributed by atoms with Crippen LogP contribution in [0.2, 0.25) is 0 Å². The Balaban J connectivity index is 1.42. The highest BCUT2D eigenvalue weighted by Gasteiger charge is 2.16. The van der Waals surface area contributed by atoms with Gasteiger partial charge in [-0.1, -0.05) is 80.6 Å². The summed E-state index contributed by atoms with van der Waals surface area (Å²) in [7, 11) is 8.55. The predicted molar refractivity (Wildman–Crippen MR) is 199 cm³/mol. The quantitative estimate of drug-likeness (QED) is 0.110. The summed E-state index contributed by atoms with van der Waals surface area (Å²) in [5.74, 6) is 0.695. The fourth-order valence-corrected chi connectivity index (χ4v) is 6.05. The fraction of sp³-hybridized carbons (Fsp3) is 0.350. The van der Waals surface area contributed by atoms with Crippen LogP contribution in [-0.4, -0.2) is 90.1 Å². The minimum absolute atomic E-state index is 0.557. The molecule has 0 fully saturated rings. The molecule has 3 aromatic carbocycles. The summed E-state index contributed by atoms with van der Waals surface area (Å²) in [6, 6.07) is 30.5. The van der Waals surface area contributed by atoms with Gasteiger partial charge in [0.25, 0.3) is 0 Å². The summed E-state index contributed by atoms with van der Waals surface area (Å²) >= 11 is 0. The molecular weight excluding hydrogens is 578 g/mol. The van der Waals surface area contributed by atoms with E-state index in [2.05, 4.69) is 141 Å². The molecule has 0 saturated carbocycles. The first-order chi connectivity index (χ1) is 22.9. The minimum atomic E-state index is 0.557. The molecule has 0 aliphatic rings. The van der Waals surface area contributed by atoms with Crippen LogP contribution >= 0.6 is 0 Å². The van der Waals surface area contributed by atoms with Crippen molar-refractivity contribution in [2.24, 2.45) is 9.98 Å². The van der Waals surface area contributed by atoms with Crippen molar-refractivity contribution in [2.45, 2.75) is 51.6 Å². The Labute approximate surface area is 280 Å². The van der Waals surface area contributed by atoms with Crippen LogP contribution in [0.25, 0.3) is 39.4 Å². The summed E-state index contributed by atoms with van der Waals surface area (Å²) in [4.78, 5) is 24.2. The Morgan fingerprint density at radius 3 is 1.70 bits per heavy atom. The number of fused-ring (bicyclic) bond motifs is 1. The van der Waals surface area contributed by atoms with E-state index in [1.54, 1.807) is 0 Å². The van der Waals surface area contributed by atoms with Gasteiger partial charge in [0.1, 0.15) is 5.65 Å². The van der Waals surface area contributed by atoms with Gasteiger partial charge in [-0.25, -0.2) is 9.97 Å². The van der Waals surface area contributed by atoms with Crippen LogP contribution in [0.1, 0.15) is 50.7 Å². The van der Waals surface area contributed by atoms with Gasteiger partial charge in [-0.3, -0.25) is 9.98 Å². The van der Waals surface area contributed by atoms with Crippen LogP contribution in [0.5, 0.6) is 0 Å². The van der Waals surface area contributed by atoms with E-state index in [1.165, 1.54) is 0 Å². The zero-order valence-corrected chi connectivity index (χ0v) is 28.8. The molecule has 2 aromatic heterocycles. The molecule has 5 rings (SSSR count). The lowest BCUT2D eigenvalue weighted by Gasteiger charge is -2.21. The molecule has 0 aliphatic carbocycles. The van der Waals surface area contributed by atoms with Gasteiger partial charge < -0.3 is 14.4 Å². The molecule has 2 atom stereocenters. The van der Waals surface area contributed by atoms with Crippen molar-refractivity contribution in [3.63, 3.8) is 0 Å². The Bertz CT molecular complexity index is 1750. The number of aromatic nitrogens is 3. The molecule has 2 unspecified atom stereocenters. The molecule has 7 heteroatoms. The zero-order valence-electron chi connectivity index (χ0n) is 28.8. The number of hydrogen-bond acceptors (Lipinski definition) is 6. The number of aliphatic imine (C=N–C) groups is 2. The fourth-order valence-electron chi connectivity index (χ4n) is 6.05. The number of nitrogens with zero attached hydrogens (tertiary/aromatic N) is 7. The van der Waals surface area contributed by atoms with Gasteiger partial charge in [0.2, 0.25) is 0 Å². The average molecular weight is 628 g/mol. The highest BCUT2D eigenvalue weighted by atomic mass is 15.1. The average Bonchev–Trinajstić information content (AvgIpc) is 3.53. The van der Waals surface area contributed by atoms with Crippen molar-refractivity contribution in [1.82, 2.24) is 24.3 Å². The van der Waals surface area contributed by atoms with Gasteiger partial charge in [0.05, 0.1) is 5.69 Å². The van der Waals surface area contributed by atoms with E-state index in [-0.39, 0.29) is 0 Å². The highest BCUT2D eigenvalue weighted by molar-refractivity contribution is 5.94. The van der Waals surface area contributed by atoms with E-state index in [1.807, 2.05) is 18.5 Å². The summed E-state index contributed by atoms with van der Waals surface area (Å²) < 4.78 is 2.14. The second-order valence-electron chi connectivity index (χ2n) is 12.6. The van der Waals surface area contributed by atoms with E-state index in [9.17, 15) is 0 Å². The maximum absolute atomic E-state index is 5.15. The van der Waals surface area contributed by atoms with E-state index >= 15 is 0 Å². The number of para-hydroxylation sites is 1. The summed E-state index contributed by atoms with van der Waals surface area (Å²) in [5, 5.41) is 1.01. The Hall–Kier alpha value is -4.46. The largest absolute Gasteiger partial charge is 0.306 e. The van der Waals surface area contributed by atoms with Crippen LogP contribution in [-0.2, 0) is 0 Å². The van der Waals surface area contributed by atoms with Gasteiger partial charge in [-0.05, 0) is 83.2 Å². The molecule has 47 heavy (non-hydrogen) atoms. The highest BCUT2D eigenvalue weighted by Crippen LogP contribution is 2.31. The minimum Gasteiger partial charge on any atom is -0.306 e. The summed E-state index contributed by atoms with van der Waals surface area (Å²) in [5.41, 5.74) is 7.04. The monoisotopic (exact) mass is 627 g/mol. The van der Waals surface area contributed by atoms with Gasteiger partial charge in [-0.2, -0.15) is 0 Å². The van der Waals surface area contributed by atoms with E-state index < -0.39 is 0 Å². The Morgan fingerprint density at radius 2 is 1.19 bits per heavy atom. The Kier molecular flexibility index (Phi) is 11.8. The molecule has 5 aromatic rings. The van der Waals surface area contributed by atoms with Crippen LogP contribution in [0.4, 0.5) is 0 Å². The smallest absolute Gasteiger partial charge is 0.162 e. The predicted octanol–water partition coefficient (Wildman–Crippen LogP) is 8.05. The molecule has 2 heterocycles. The van der Waals surface area contributed by atoms with Gasteiger partial charge >= 0.3 is 0 Å². The van der Waals surface area contributed by atoms with Crippen molar-refractivity contribution in [2.75, 3.05) is 41.3 Å². The maximum Gasteiger partial charge on any atom is 0.162 e. The van der Waals surface area contributed by atoms with Crippen molar-refractivity contribution >= 4 is 23.5 Å². The van der Waals surface area contributed by atoms with Gasteiger partial charge in [0.15, 0.2) is 5.82 Å². The summed E-state index contributed by atoms with van der Waals surface area (Å²) in [6.07, 6.45) is 10.4. The second-order valence-corrected chi connectivity index (χ2v) is 12.6. The lowest BCUT2D eigenvalue weighted by Crippen LogP contribution is -2.27. The third-order valence-electron chi connectivity index (χ3n) is 9.00. The first-order valence-corrected chi connectivity index (χ1v) is 16.9. The molecule has 0 N–H and O–H groups in total. The third-order valence-corrected chi connectivity index (χ3v) is 9.00. The van der Waals surface area contributed by atoms with E-state index in [0.717, 1.165) is 83.4 Å². The Morgan fingerprint density at radius 1 is 0.660 bits per heavy atom. The number of benzene rings is 3. The van der Waals surface area contributed by atoms with E-state index in [0.29, 0.717) is 17.9 Å². The van der Waals surface area contributed by atoms with E-state index in [4.69, 9.17) is 20.0 Å². The molecule has 0 saturated heterocycles. The topological polar surface area (TPSA) is 61.9 Å². The SMILES string of the molecule is CCC(CCN=Cc1ccc(-c2nc(-c3ccc(C=NCCC(CC)N(C)C)cc3)c3ccn(-c4ccccc4)c3n2)cc1)N(C)C. The first kappa shape index (κ1) is 33.9. The standard InChI is InChI=1S/C40H49N7/c1-7-34(45(3)4)22-25-41-28-30-14-18-32(19-15-30)38-37-24-27-47(36-12-10-9-11-13-36)40(37)44-39(43-38)33-20-16-31(17-21-33)29-42-26-23-35(8-2)46(5)6/h9-21,24,27-29,34-35H,7-8,22-23,25-26H2,1-6H3. The third kappa shape index (κ3) is 8.67. The van der Waals surface area contributed by atoms with Crippen molar-refractivity contribution in [1.29, 1.82) is 0 Å². The summed E-state index contributed by atoms with van der Waals surface area (Å²) in [6.45, 7) is 6.10. The normalized spacial score (nSPS) is 13.4. The van der Waals surface area contributed by atoms with Crippen molar-refractivity contribution < 1.29 is 0 Å². The first-order valence-electron chi connectivity index (χ1n) is 16.9. The molecular formula is C40H49N7. The van der Waals surface area contributed by atoms with Crippen molar-refractivity contribution in [3.05, 3.63) is 102 Å². The van der Waals surface area contributed by atoms with Crippen LogP contribution in [0.15, 0.2) is 101 Å². The van der Waals surface area contributed by atoms with Gasteiger partial charge in [-0.15, -0.1) is 0 Å². The number of hydrogen-bond donors (Lipinski definition) is 0. The maximum atomic E-state index is 5.15. The molecule has 0 radical (unpaired) electrons. The molecule has 7 nitrogen and oxygen atoms in total. The van der Waals surface area contributed by atoms with Crippen molar-refractivity contribution in [3.8, 4) is 28.3 Å². The lowest BCUT2D eigenvalue weighted by molar-refractivity contribution is 0.274.